The van der Waals surface area contributed by atoms with Crippen molar-refractivity contribution in [2.24, 2.45) is 0 Å². The van der Waals surface area contributed by atoms with Crippen molar-refractivity contribution in [1.29, 1.82) is 0 Å². The second-order valence-electron chi connectivity index (χ2n) is 4.71. The number of fused-ring (bicyclic) bond motifs is 1. The first-order valence-corrected chi connectivity index (χ1v) is 6.31. The summed E-state index contributed by atoms with van der Waals surface area (Å²) in [5.41, 5.74) is 2.77. The second-order valence-corrected chi connectivity index (χ2v) is 4.71. The van der Waals surface area contributed by atoms with E-state index in [9.17, 15) is 9.59 Å². The summed E-state index contributed by atoms with van der Waals surface area (Å²) in [5, 5.41) is 3.01. The highest BCUT2D eigenvalue weighted by Crippen LogP contribution is 2.30. The number of carbonyl (C=O) groups excluding carboxylic acids is 1. The zero-order valence-electron chi connectivity index (χ0n) is 10.3. The van der Waals surface area contributed by atoms with E-state index in [4.69, 9.17) is 0 Å². The Labute approximate surface area is 110 Å². The van der Waals surface area contributed by atoms with Crippen molar-refractivity contribution in [3.05, 3.63) is 69.6 Å². The van der Waals surface area contributed by atoms with Gasteiger partial charge in [0, 0.05) is 12.3 Å². The second kappa shape index (κ2) is 4.72. The lowest BCUT2D eigenvalue weighted by molar-refractivity contribution is 0.0936. The maximum absolute atomic E-state index is 12.1. The predicted octanol–water partition coefficient (Wildman–Crippen LogP) is 1.79. The number of amides is 1. The molecule has 1 aromatic carbocycles. The van der Waals surface area contributed by atoms with Gasteiger partial charge in [0.15, 0.2) is 0 Å². The Bertz CT molecular complexity index is 655. The monoisotopic (exact) mass is 254 g/mol. The molecule has 0 fully saturated rings. The van der Waals surface area contributed by atoms with E-state index in [0.717, 1.165) is 12.8 Å². The number of carbonyl (C=O) groups is 1. The van der Waals surface area contributed by atoms with Gasteiger partial charge in [-0.05, 0) is 30.0 Å². The molecule has 0 saturated carbocycles. The van der Waals surface area contributed by atoms with Crippen LogP contribution in [0.2, 0.25) is 0 Å². The fourth-order valence-corrected chi connectivity index (χ4v) is 2.50. The van der Waals surface area contributed by atoms with E-state index in [-0.39, 0.29) is 17.5 Å². The molecule has 1 amide bonds. The smallest absolute Gasteiger partial charge is 0.253 e. The molecule has 0 unspecified atom stereocenters. The molecule has 1 heterocycles. The molecule has 0 aliphatic heterocycles. The van der Waals surface area contributed by atoms with Crippen LogP contribution in [-0.2, 0) is 6.42 Å². The van der Waals surface area contributed by atoms with Gasteiger partial charge in [-0.2, -0.15) is 0 Å². The van der Waals surface area contributed by atoms with Crippen molar-refractivity contribution in [3.63, 3.8) is 0 Å². The van der Waals surface area contributed by atoms with E-state index in [1.807, 2.05) is 12.1 Å². The lowest BCUT2D eigenvalue weighted by Gasteiger charge is -2.13. The van der Waals surface area contributed by atoms with E-state index in [1.54, 1.807) is 0 Å². The van der Waals surface area contributed by atoms with E-state index in [2.05, 4.69) is 22.4 Å². The standard InChI is InChI=1S/C15H14N2O2/c18-14-8-6-11(9-16-14)15(19)17-13-7-5-10-3-1-2-4-12(10)13/h1-4,6,8-9,13H,5,7H2,(H,16,18)(H,17,19)/t13-/m1/s1. The van der Waals surface area contributed by atoms with Crippen molar-refractivity contribution < 1.29 is 4.79 Å². The highest BCUT2D eigenvalue weighted by atomic mass is 16.2. The Kier molecular flexibility index (Phi) is 2.91. The van der Waals surface area contributed by atoms with Crippen molar-refractivity contribution in [2.75, 3.05) is 0 Å². The van der Waals surface area contributed by atoms with Crippen LogP contribution in [0.25, 0.3) is 0 Å². The average Bonchev–Trinajstić information content (AvgIpc) is 2.83. The zero-order chi connectivity index (χ0) is 13.2. The summed E-state index contributed by atoms with van der Waals surface area (Å²) in [6.45, 7) is 0. The van der Waals surface area contributed by atoms with Gasteiger partial charge in [-0.3, -0.25) is 9.59 Å². The first-order valence-electron chi connectivity index (χ1n) is 6.31. The number of rotatable bonds is 2. The lowest BCUT2D eigenvalue weighted by atomic mass is 10.1. The minimum atomic E-state index is -0.206. The van der Waals surface area contributed by atoms with Crippen molar-refractivity contribution >= 4 is 5.91 Å². The normalized spacial score (nSPS) is 16.9. The van der Waals surface area contributed by atoms with Crippen molar-refractivity contribution in [2.45, 2.75) is 18.9 Å². The molecule has 96 valence electrons. The fourth-order valence-electron chi connectivity index (χ4n) is 2.50. The highest BCUT2D eigenvalue weighted by Gasteiger charge is 2.23. The summed E-state index contributed by atoms with van der Waals surface area (Å²) in [6, 6.07) is 11.1. The van der Waals surface area contributed by atoms with Crippen molar-refractivity contribution in [3.8, 4) is 0 Å². The maximum Gasteiger partial charge on any atom is 0.253 e. The predicted molar refractivity (Wildman–Crippen MR) is 72.0 cm³/mol. The topological polar surface area (TPSA) is 62.0 Å². The molecule has 4 heteroatoms. The molecule has 1 aliphatic carbocycles. The Hall–Kier alpha value is -2.36. The zero-order valence-corrected chi connectivity index (χ0v) is 10.3. The maximum atomic E-state index is 12.1. The molecule has 0 bridgehead atoms. The molecule has 2 aromatic rings. The molecular weight excluding hydrogens is 240 g/mol. The van der Waals surface area contributed by atoms with Gasteiger partial charge in [0.1, 0.15) is 0 Å². The number of H-pyrrole nitrogens is 1. The van der Waals surface area contributed by atoms with Gasteiger partial charge >= 0.3 is 0 Å². The quantitative estimate of drug-likeness (QED) is 0.858. The minimum Gasteiger partial charge on any atom is -0.345 e. The summed E-state index contributed by atoms with van der Waals surface area (Å²) in [6.07, 6.45) is 3.36. The molecule has 3 rings (SSSR count). The van der Waals surface area contributed by atoms with Crippen molar-refractivity contribution in [1.82, 2.24) is 10.3 Å². The van der Waals surface area contributed by atoms with Crippen LogP contribution in [0.15, 0.2) is 47.4 Å². The number of aryl methyl sites for hydroxylation is 1. The minimum absolute atomic E-state index is 0.0654. The third-order valence-corrected chi connectivity index (χ3v) is 3.48. The number of pyridine rings is 1. The number of benzene rings is 1. The van der Waals surface area contributed by atoms with Crippen LogP contribution < -0.4 is 10.9 Å². The van der Waals surface area contributed by atoms with Crippen LogP contribution in [0.1, 0.15) is 33.9 Å². The van der Waals surface area contributed by atoms with Crippen LogP contribution >= 0.6 is 0 Å². The van der Waals surface area contributed by atoms with Gasteiger partial charge in [0.2, 0.25) is 5.56 Å². The van der Waals surface area contributed by atoms with Crippen LogP contribution in [-0.4, -0.2) is 10.9 Å². The SMILES string of the molecule is O=C(N[C@@H]1CCc2ccccc21)c1ccc(=O)[nH]c1. The summed E-state index contributed by atoms with van der Waals surface area (Å²) in [5.74, 6) is -0.155. The highest BCUT2D eigenvalue weighted by molar-refractivity contribution is 5.94. The largest absolute Gasteiger partial charge is 0.345 e. The third-order valence-electron chi connectivity index (χ3n) is 3.48. The first kappa shape index (κ1) is 11.7. The van der Waals surface area contributed by atoms with Gasteiger partial charge < -0.3 is 10.3 Å². The van der Waals surface area contributed by atoms with Crippen LogP contribution in [0.5, 0.6) is 0 Å². The Morgan fingerprint density at radius 2 is 2.05 bits per heavy atom. The van der Waals surface area contributed by atoms with Gasteiger partial charge in [0.25, 0.3) is 5.91 Å². The van der Waals surface area contributed by atoms with E-state index in [1.165, 1.54) is 29.5 Å². The molecule has 2 N–H and O–H groups in total. The summed E-state index contributed by atoms with van der Waals surface area (Å²) in [4.78, 5) is 25.6. The third kappa shape index (κ3) is 2.29. The summed E-state index contributed by atoms with van der Waals surface area (Å²) >= 11 is 0. The van der Waals surface area contributed by atoms with Crippen LogP contribution in [0, 0.1) is 0 Å². The molecule has 0 radical (unpaired) electrons. The van der Waals surface area contributed by atoms with Crippen LogP contribution in [0.3, 0.4) is 0 Å². The first-order chi connectivity index (χ1) is 9.24. The Balaban J connectivity index is 1.78. The molecule has 19 heavy (non-hydrogen) atoms. The van der Waals surface area contributed by atoms with Gasteiger partial charge in [-0.1, -0.05) is 24.3 Å². The molecule has 4 nitrogen and oxygen atoms in total. The van der Waals surface area contributed by atoms with Gasteiger partial charge in [0.05, 0.1) is 11.6 Å². The van der Waals surface area contributed by atoms with E-state index in [0.29, 0.717) is 5.56 Å². The molecule has 1 atom stereocenters. The van der Waals surface area contributed by atoms with E-state index < -0.39 is 0 Å². The molecular formula is C15H14N2O2. The number of hydrogen-bond acceptors (Lipinski definition) is 2. The lowest BCUT2D eigenvalue weighted by Crippen LogP contribution is -2.27. The molecule has 1 aliphatic rings. The van der Waals surface area contributed by atoms with Gasteiger partial charge in [-0.25, -0.2) is 0 Å². The number of nitrogens with one attached hydrogen (secondary N) is 2. The van der Waals surface area contributed by atoms with Crippen LogP contribution in [0.4, 0.5) is 0 Å². The molecule has 0 saturated heterocycles. The van der Waals surface area contributed by atoms with Gasteiger partial charge in [-0.15, -0.1) is 0 Å². The summed E-state index contributed by atoms with van der Waals surface area (Å²) < 4.78 is 0. The molecule has 0 spiro atoms. The fraction of sp³-hybridized carbons (Fsp3) is 0.200. The number of aromatic amines is 1. The van der Waals surface area contributed by atoms with E-state index >= 15 is 0 Å². The Morgan fingerprint density at radius 1 is 1.21 bits per heavy atom. The number of aromatic nitrogens is 1. The molecule has 1 aromatic heterocycles. The Morgan fingerprint density at radius 3 is 2.84 bits per heavy atom. The number of hydrogen-bond donors (Lipinski definition) is 2. The average molecular weight is 254 g/mol. The summed E-state index contributed by atoms with van der Waals surface area (Å²) in [7, 11) is 0.